The predicted molar refractivity (Wildman–Crippen MR) is 95.3 cm³/mol. The zero-order valence-electron chi connectivity index (χ0n) is 15.0. The van der Waals surface area contributed by atoms with E-state index in [-0.39, 0.29) is 17.9 Å². The summed E-state index contributed by atoms with van der Waals surface area (Å²) >= 11 is 0. The Kier molecular flexibility index (Phi) is 5.57. The molecule has 29 heavy (non-hydrogen) atoms. The summed E-state index contributed by atoms with van der Waals surface area (Å²) < 4.78 is 47.1. The number of nitrogens with zero attached hydrogens (tertiary/aromatic N) is 3. The van der Waals surface area contributed by atoms with Crippen LogP contribution in [0.15, 0.2) is 48.8 Å². The second-order valence-electron chi connectivity index (χ2n) is 5.72. The van der Waals surface area contributed by atoms with Crippen LogP contribution in [0, 0.1) is 0 Å². The van der Waals surface area contributed by atoms with E-state index in [0.29, 0.717) is 22.9 Å². The van der Waals surface area contributed by atoms with Gasteiger partial charge < -0.3 is 19.9 Å². The minimum atomic E-state index is -4.75. The number of benzene rings is 2. The predicted octanol–water partition coefficient (Wildman–Crippen LogP) is 3.48. The second-order valence-corrected chi connectivity index (χ2v) is 5.72. The molecule has 0 bridgehead atoms. The smallest absolute Gasteiger partial charge is 0.495 e. The van der Waals surface area contributed by atoms with Gasteiger partial charge in [0.25, 0.3) is 0 Å². The third-order valence-corrected chi connectivity index (χ3v) is 3.76. The van der Waals surface area contributed by atoms with Gasteiger partial charge in [0.15, 0.2) is 5.82 Å². The number of nitrogens with one attached hydrogen (secondary N) is 1. The van der Waals surface area contributed by atoms with E-state index in [4.69, 9.17) is 9.84 Å². The topological polar surface area (TPSA) is 98.5 Å². The molecule has 2 N–H and O–H groups in total. The SMILES string of the molecule is COc1cc(C(=O)O)ccc1NCc1ncn(-c2ccc(OC(F)(F)F)cc2)n1. The fourth-order valence-corrected chi connectivity index (χ4v) is 2.45. The van der Waals surface area contributed by atoms with Crippen LogP contribution in [0.1, 0.15) is 16.2 Å². The van der Waals surface area contributed by atoms with Crippen molar-refractivity contribution in [3.63, 3.8) is 0 Å². The first-order valence-electron chi connectivity index (χ1n) is 8.17. The highest BCUT2D eigenvalue weighted by Gasteiger charge is 2.31. The Morgan fingerprint density at radius 3 is 2.55 bits per heavy atom. The zero-order chi connectivity index (χ0) is 21.0. The van der Waals surface area contributed by atoms with Crippen LogP contribution in [0.2, 0.25) is 0 Å². The summed E-state index contributed by atoms with van der Waals surface area (Å²) in [5.41, 5.74) is 1.15. The molecule has 0 atom stereocenters. The van der Waals surface area contributed by atoms with Crippen molar-refractivity contribution < 1.29 is 32.5 Å². The van der Waals surface area contributed by atoms with Crippen molar-refractivity contribution in [3.8, 4) is 17.2 Å². The molecule has 152 valence electrons. The van der Waals surface area contributed by atoms with E-state index in [9.17, 15) is 18.0 Å². The number of carboxylic acids is 1. The molecule has 0 unspecified atom stereocenters. The Hall–Kier alpha value is -3.76. The van der Waals surface area contributed by atoms with Crippen molar-refractivity contribution in [2.75, 3.05) is 12.4 Å². The molecule has 11 heteroatoms. The number of rotatable bonds is 7. The highest BCUT2D eigenvalue weighted by Crippen LogP contribution is 2.26. The Balaban J connectivity index is 1.67. The summed E-state index contributed by atoms with van der Waals surface area (Å²) in [4.78, 5) is 15.2. The summed E-state index contributed by atoms with van der Waals surface area (Å²) in [6.45, 7) is 0.213. The Morgan fingerprint density at radius 2 is 1.93 bits per heavy atom. The Bertz CT molecular complexity index is 1000. The molecule has 0 aliphatic carbocycles. The molecule has 0 spiro atoms. The van der Waals surface area contributed by atoms with Gasteiger partial charge in [-0.1, -0.05) is 0 Å². The van der Waals surface area contributed by atoms with Gasteiger partial charge in [-0.25, -0.2) is 14.5 Å². The van der Waals surface area contributed by atoms with Crippen molar-refractivity contribution in [2.24, 2.45) is 0 Å². The van der Waals surface area contributed by atoms with Gasteiger partial charge >= 0.3 is 12.3 Å². The van der Waals surface area contributed by atoms with Gasteiger partial charge in [0.1, 0.15) is 17.8 Å². The number of carbonyl (C=O) groups is 1. The lowest BCUT2D eigenvalue weighted by Crippen LogP contribution is -2.17. The number of halogens is 3. The lowest BCUT2D eigenvalue weighted by Gasteiger charge is -2.10. The molecule has 0 aliphatic rings. The normalized spacial score (nSPS) is 11.2. The fourth-order valence-electron chi connectivity index (χ4n) is 2.45. The van der Waals surface area contributed by atoms with E-state index in [0.717, 1.165) is 0 Å². The van der Waals surface area contributed by atoms with E-state index in [2.05, 4.69) is 20.1 Å². The highest BCUT2D eigenvalue weighted by atomic mass is 19.4. The lowest BCUT2D eigenvalue weighted by molar-refractivity contribution is -0.274. The average Bonchev–Trinajstić information content (AvgIpc) is 3.14. The number of methoxy groups -OCH3 is 1. The van der Waals surface area contributed by atoms with Crippen molar-refractivity contribution >= 4 is 11.7 Å². The number of ether oxygens (including phenoxy) is 2. The summed E-state index contributed by atoms with van der Waals surface area (Å²) in [7, 11) is 1.42. The van der Waals surface area contributed by atoms with E-state index in [1.165, 1.54) is 54.5 Å². The second kappa shape index (κ2) is 8.09. The fraction of sp³-hybridized carbons (Fsp3) is 0.167. The Labute approximate surface area is 162 Å². The molecule has 0 radical (unpaired) electrons. The van der Waals surface area contributed by atoms with Crippen LogP contribution in [0.5, 0.6) is 11.5 Å². The first-order chi connectivity index (χ1) is 13.7. The molecule has 0 fully saturated rings. The maximum absolute atomic E-state index is 12.2. The van der Waals surface area contributed by atoms with Crippen LogP contribution >= 0.6 is 0 Å². The van der Waals surface area contributed by atoms with Gasteiger partial charge in [-0.05, 0) is 42.5 Å². The largest absolute Gasteiger partial charge is 0.573 e. The standard InChI is InChI=1S/C18H15F3N4O4/c1-28-15-8-11(17(26)27)2-7-14(15)22-9-16-23-10-25(24-16)12-3-5-13(6-4-12)29-18(19,20)21/h2-8,10,22H,9H2,1H3,(H,26,27). The van der Waals surface area contributed by atoms with Crippen LogP contribution in [0.4, 0.5) is 18.9 Å². The molecular formula is C18H15F3N4O4. The van der Waals surface area contributed by atoms with Crippen LogP contribution in [0.3, 0.4) is 0 Å². The number of anilines is 1. The number of alkyl halides is 3. The average molecular weight is 408 g/mol. The molecule has 3 aromatic rings. The van der Waals surface area contributed by atoms with Gasteiger partial charge in [0, 0.05) is 0 Å². The molecule has 0 aliphatic heterocycles. The van der Waals surface area contributed by atoms with Crippen LogP contribution in [0.25, 0.3) is 5.69 Å². The maximum atomic E-state index is 12.2. The van der Waals surface area contributed by atoms with Crippen LogP contribution in [-0.2, 0) is 6.54 Å². The van der Waals surface area contributed by atoms with Crippen molar-refractivity contribution in [1.29, 1.82) is 0 Å². The molecule has 8 nitrogen and oxygen atoms in total. The highest BCUT2D eigenvalue weighted by molar-refractivity contribution is 5.89. The quantitative estimate of drug-likeness (QED) is 0.618. The summed E-state index contributed by atoms with van der Waals surface area (Å²) in [5, 5.41) is 16.3. The lowest BCUT2D eigenvalue weighted by atomic mass is 10.2. The minimum Gasteiger partial charge on any atom is -0.495 e. The molecule has 3 rings (SSSR count). The first-order valence-corrected chi connectivity index (χ1v) is 8.17. The molecular weight excluding hydrogens is 393 g/mol. The van der Waals surface area contributed by atoms with Crippen LogP contribution < -0.4 is 14.8 Å². The summed E-state index contributed by atoms with van der Waals surface area (Å²) in [6, 6.07) is 9.58. The molecule has 1 heterocycles. The maximum Gasteiger partial charge on any atom is 0.573 e. The van der Waals surface area contributed by atoms with E-state index in [1.54, 1.807) is 6.07 Å². The van der Waals surface area contributed by atoms with Gasteiger partial charge in [0.2, 0.25) is 0 Å². The van der Waals surface area contributed by atoms with E-state index in [1.807, 2.05) is 0 Å². The number of hydrogen-bond acceptors (Lipinski definition) is 6. The van der Waals surface area contributed by atoms with Crippen molar-refractivity contribution in [1.82, 2.24) is 14.8 Å². The molecule has 0 saturated carbocycles. The number of carboxylic acid groups (broad SMARTS) is 1. The Morgan fingerprint density at radius 1 is 1.21 bits per heavy atom. The van der Waals surface area contributed by atoms with Gasteiger partial charge in [0.05, 0.1) is 30.6 Å². The van der Waals surface area contributed by atoms with E-state index >= 15 is 0 Å². The number of aromatic nitrogens is 3. The van der Waals surface area contributed by atoms with Crippen molar-refractivity contribution in [2.45, 2.75) is 12.9 Å². The molecule has 0 amide bonds. The van der Waals surface area contributed by atoms with E-state index < -0.39 is 12.3 Å². The van der Waals surface area contributed by atoms with Gasteiger partial charge in [-0.2, -0.15) is 0 Å². The third kappa shape index (κ3) is 5.15. The van der Waals surface area contributed by atoms with Gasteiger partial charge in [-0.15, -0.1) is 18.3 Å². The zero-order valence-corrected chi connectivity index (χ0v) is 15.0. The third-order valence-electron chi connectivity index (χ3n) is 3.76. The first kappa shape index (κ1) is 20.0. The molecule has 1 aromatic heterocycles. The monoisotopic (exact) mass is 408 g/mol. The van der Waals surface area contributed by atoms with Crippen molar-refractivity contribution in [3.05, 3.63) is 60.2 Å². The number of aromatic carboxylic acids is 1. The summed E-state index contributed by atoms with van der Waals surface area (Å²) in [6.07, 6.45) is -3.33. The summed E-state index contributed by atoms with van der Waals surface area (Å²) in [5.74, 6) is -0.642. The number of hydrogen-bond donors (Lipinski definition) is 2. The molecule has 0 saturated heterocycles. The molecule has 2 aromatic carbocycles. The van der Waals surface area contributed by atoms with Gasteiger partial charge in [-0.3, -0.25) is 0 Å². The van der Waals surface area contributed by atoms with Crippen LogP contribution in [-0.4, -0.2) is 39.3 Å². The minimum absolute atomic E-state index is 0.0905.